The maximum atomic E-state index is 11.6. The van der Waals surface area contributed by atoms with Gasteiger partial charge in [-0.1, -0.05) is 36.4 Å². The van der Waals surface area contributed by atoms with E-state index in [4.69, 9.17) is 4.74 Å². The van der Waals surface area contributed by atoms with Crippen molar-refractivity contribution >= 4 is 23.1 Å². The summed E-state index contributed by atoms with van der Waals surface area (Å²) in [6.07, 6.45) is 2.09. The van der Waals surface area contributed by atoms with Crippen LogP contribution < -0.4 is 5.32 Å². The van der Waals surface area contributed by atoms with Crippen LogP contribution in [0, 0.1) is 0 Å². The Balaban J connectivity index is 1.58. The maximum Gasteiger partial charge on any atom is 0.348 e. The average molecular weight is 352 g/mol. The van der Waals surface area contributed by atoms with Crippen LogP contribution in [-0.2, 0) is 11.2 Å². The Bertz CT molecular complexity index is 830. The van der Waals surface area contributed by atoms with Crippen molar-refractivity contribution in [2.24, 2.45) is 0 Å². The van der Waals surface area contributed by atoms with Gasteiger partial charge in [-0.3, -0.25) is 0 Å². The number of carbonyl (C=O) groups excluding carboxylic acids is 1. The van der Waals surface area contributed by atoms with Gasteiger partial charge in [0.05, 0.1) is 17.7 Å². The summed E-state index contributed by atoms with van der Waals surface area (Å²) < 4.78 is 4.75. The number of anilines is 1. The highest BCUT2D eigenvalue weighted by Crippen LogP contribution is 2.27. The highest BCUT2D eigenvalue weighted by molar-refractivity contribution is 7.17. The number of thiophene rings is 1. The van der Waals surface area contributed by atoms with Crippen LogP contribution in [0.3, 0.4) is 0 Å². The molecule has 128 valence electrons. The third-order valence-electron chi connectivity index (χ3n) is 3.79. The van der Waals surface area contributed by atoms with Crippen LogP contribution in [0.1, 0.15) is 21.7 Å². The molecule has 5 heteroatoms. The van der Waals surface area contributed by atoms with Gasteiger partial charge in [0, 0.05) is 6.54 Å². The van der Waals surface area contributed by atoms with Crippen LogP contribution in [0.15, 0.2) is 60.7 Å². The van der Waals surface area contributed by atoms with Crippen LogP contribution in [0.2, 0.25) is 0 Å². The average Bonchev–Trinajstić information content (AvgIpc) is 3.16. The molecule has 25 heavy (non-hydrogen) atoms. The van der Waals surface area contributed by atoms with E-state index in [2.05, 4.69) is 34.6 Å². The zero-order chi connectivity index (χ0) is 17.5. The number of aromatic nitrogens is 1. The van der Waals surface area contributed by atoms with Crippen molar-refractivity contribution in [3.8, 4) is 10.6 Å². The van der Waals surface area contributed by atoms with Gasteiger partial charge in [0.15, 0.2) is 0 Å². The molecule has 3 rings (SSSR count). The zero-order valence-corrected chi connectivity index (χ0v) is 14.9. The Labute approximate surface area is 151 Å². The number of nitrogens with zero attached hydrogens (tertiary/aromatic N) is 1. The molecule has 0 aliphatic rings. The lowest BCUT2D eigenvalue weighted by molar-refractivity contribution is 0.0606. The molecule has 0 saturated carbocycles. The Hall–Kier alpha value is -2.66. The minimum absolute atomic E-state index is 0.313. The SMILES string of the molecule is COC(=O)c1ccc(-c2cccc(NCCCc3ccccc3)n2)s1. The lowest BCUT2D eigenvalue weighted by atomic mass is 10.1. The normalized spacial score (nSPS) is 10.4. The van der Waals surface area contributed by atoms with E-state index in [1.807, 2.05) is 30.3 Å². The minimum atomic E-state index is -0.313. The van der Waals surface area contributed by atoms with Crippen molar-refractivity contribution in [1.29, 1.82) is 0 Å². The summed E-state index contributed by atoms with van der Waals surface area (Å²) in [7, 11) is 1.39. The van der Waals surface area contributed by atoms with Crippen molar-refractivity contribution < 1.29 is 9.53 Å². The van der Waals surface area contributed by atoms with Gasteiger partial charge in [0.25, 0.3) is 0 Å². The first-order valence-corrected chi connectivity index (χ1v) is 9.01. The van der Waals surface area contributed by atoms with Gasteiger partial charge >= 0.3 is 5.97 Å². The molecule has 0 radical (unpaired) electrons. The Morgan fingerprint density at radius 2 is 1.92 bits per heavy atom. The number of rotatable bonds is 7. The van der Waals surface area contributed by atoms with Crippen molar-refractivity contribution in [2.45, 2.75) is 12.8 Å². The van der Waals surface area contributed by atoms with Crippen molar-refractivity contribution in [1.82, 2.24) is 4.98 Å². The number of hydrogen-bond donors (Lipinski definition) is 1. The first-order chi connectivity index (χ1) is 12.3. The predicted octanol–water partition coefficient (Wildman–Crippen LogP) is 4.64. The van der Waals surface area contributed by atoms with E-state index in [1.165, 1.54) is 24.0 Å². The second-order valence-electron chi connectivity index (χ2n) is 5.58. The number of nitrogens with one attached hydrogen (secondary N) is 1. The fraction of sp³-hybridized carbons (Fsp3) is 0.200. The molecule has 0 fully saturated rings. The summed E-state index contributed by atoms with van der Waals surface area (Å²) in [6, 6.07) is 20.0. The molecule has 0 aliphatic heterocycles. The predicted molar refractivity (Wildman–Crippen MR) is 102 cm³/mol. The summed E-state index contributed by atoms with van der Waals surface area (Å²) in [6.45, 7) is 0.864. The zero-order valence-electron chi connectivity index (χ0n) is 14.1. The lowest BCUT2D eigenvalue weighted by Gasteiger charge is -2.07. The van der Waals surface area contributed by atoms with Crippen molar-refractivity contribution in [3.05, 3.63) is 71.1 Å². The lowest BCUT2D eigenvalue weighted by Crippen LogP contribution is -2.04. The molecule has 4 nitrogen and oxygen atoms in total. The molecule has 0 aliphatic carbocycles. The van der Waals surface area contributed by atoms with E-state index in [9.17, 15) is 4.79 Å². The molecule has 3 aromatic rings. The monoisotopic (exact) mass is 352 g/mol. The second-order valence-corrected chi connectivity index (χ2v) is 6.66. The highest BCUT2D eigenvalue weighted by Gasteiger charge is 2.11. The first kappa shape index (κ1) is 17.2. The molecule has 0 bridgehead atoms. The molecule has 0 amide bonds. The standard InChI is InChI=1S/C20H20N2O2S/c1-24-20(23)18-13-12-17(25-18)16-10-5-11-19(22-16)21-14-6-9-15-7-3-2-4-8-15/h2-5,7-8,10-13H,6,9,14H2,1H3,(H,21,22). The molecule has 2 aromatic heterocycles. The van der Waals surface area contributed by atoms with Crippen LogP contribution >= 0.6 is 11.3 Å². The fourth-order valence-corrected chi connectivity index (χ4v) is 3.40. The van der Waals surface area contributed by atoms with E-state index in [0.717, 1.165) is 35.8 Å². The summed E-state index contributed by atoms with van der Waals surface area (Å²) in [5.41, 5.74) is 2.20. The van der Waals surface area contributed by atoms with Gasteiger partial charge in [-0.25, -0.2) is 9.78 Å². The summed E-state index contributed by atoms with van der Waals surface area (Å²) in [4.78, 5) is 17.7. The van der Waals surface area contributed by atoms with Gasteiger partial charge in [-0.15, -0.1) is 11.3 Å². The van der Waals surface area contributed by atoms with Crippen LogP contribution in [0.25, 0.3) is 10.6 Å². The van der Waals surface area contributed by atoms with E-state index < -0.39 is 0 Å². The van der Waals surface area contributed by atoms with Crippen LogP contribution in [-0.4, -0.2) is 24.6 Å². The van der Waals surface area contributed by atoms with Crippen LogP contribution in [0.4, 0.5) is 5.82 Å². The molecule has 0 spiro atoms. The van der Waals surface area contributed by atoms with Gasteiger partial charge in [-0.2, -0.15) is 0 Å². The number of carbonyl (C=O) groups is 1. The molecule has 0 saturated heterocycles. The number of ether oxygens (including phenoxy) is 1. The first-order valence-electron chi connectivity index (χ1n) is 8.19. The van der Waals surface area contributed by atoms with Gasteiger partial charge in [0.1, 0.15) is 10.7 Å². The summed E-state index contributed by atoms with van der Waals surface area (Å²) >= 11 is 1.39. The third kappa shape index (κ3) is 4.67. The Morgan fingerprint density at radius 1 is 1.08 bits per heavy atom. The van der Waals surface area contributed by atoms with Crippen molar-refractivity contribution in [3.63, 3.8) is 0 Å². The smallest absolute Gasteiger partial charge is 0.348 e. The van der Waals surface area contributed by atoms with Crippen LogP contribution in [0.5, 0.6) is 0 Å². The molecule has 0 atom stereocenters. The summed E-state index contributed by atoms with van der Waals surface area (Å²) in [5, 5.41) is 3.37. The van der Waals surface area contributed by atoms with Crippen molar-refractivity contribution in [2.75, 3.05) is 19.0 Å². The van der Waals surface area contributed by atoms with E-state index in [0.29, 0.717) is 4.88 Å². The van der Waals surface area contributed by atoms with Gasteiger partial charge in [-0.05, 0) is 42.7 Å². The molecular formula is C20H20N2O2S. The largest absolute Gasteiger partial charge is 0.465 e. The molecular weight excluding hydrogens is 332 g/mol. The molecule has 1 N–H and O–H groups in total. The number of benzene rings is 1. The highest BCUT2D eigenvalue weighted by atomic mass is 32.1. The quantitative estimate of drug-likeness (QED) is 0.497. The molecule has 2 heterocycles. The third-order valence-corrected chi connectivity index (χ3v) is 4.87. The number of methoxy groups -OCH3 is 1. The Kier molecular flexibility index (Phi) is 5.80. The second kappa shape index (κ2) is 8.44. The number of esters is 1. The maximum absolute atomic E-state index is 11.6. The number of hydrogen-bond acceptors (Lipinski definition) is 5. The van der Waals surface area contributed by atoms with E-state index in [-0.39, 0.29) is 5.97 Å². The number of pyridine rings is 1. The van der Waals surface area contributed by atoms with Gasteiger partial charge in [0.2, 0.25) is 0 Å². The van der Waals surface area contributed by atoms with Gasteiger partial charge < -0.3 is 10.1 Å². The summed E-state index contributed by atoms with van der Waals surface area (Å²) in [5.74, 6) is 0.532. The Morgan fingerprint density at radius 3 is 2.72 bits per heavy atom. The minimum Gasteiger partial charge on any atom is -0.465 e. The van der Waals surface area contributed by atoms with E-state index >= 15 is 0 Å². The topological polar surface area (TPSA) is 51.2 Å². The number of aryl methyl sites for hydroxylation is 1. The molecule has 1 aromatic carbocycles. The fourth-order valence-electron chi connectivity index (χ4n) is 2.51. The molecule has 0 unspecified atom stereocenters. The van der Waals surface area contributed by atoms with E-state index in [1.54, 1.807) is 6.07 Å².